The third-order valence-corrected chi connectivity index (χ3v) is 4.83. The lowest BCUT2D eigenvalue weighted by atomic mass is 10.0. The van der Waals surface area contributed by atoms with E-state index < -0.39 is 0 Å². The number of methoxy groups -OCH3 is 2. The first kappa shape index (κ1) is 18.1. The number of aryl methyl sites for hydroxylation is 1. The summed E-state index contributed by atoms with van der Waals surface area (Å²) in [6.45, 7) is 2.80. The number of hydrogen-bond acceptors (Lipinski definition) is 3. The number of benzene rings is 2. The molecule has 4 nitrogen and oxygen atoms in total. The van der Waals surface area contributed by atoms with Crippen molar-refractivity contribution in [2.45, 2.75) is 25.8 Å². The monoisotopic (exact) mass is 351 g/mol. The fraction of sp³-hybridized carbons (Fsp3) is 0.318. The summed E-state index contributed by atoms with van der Waals surface area (Å²) in [4.78, 5) is 14.7. The molecular weight excluding hydrogens is 326 g/mol. The van der Waals surface area contributed by atoms with E-state index in [9.17, 15) is 4.79 Å². The van der Waals surface area contributed by atoms with Gasteiger partial charge in [0.05, 0.1) is 20.3 Å². The van der Waals surface area contributed by atoms with E-state index in [1.54, 1.807) is 20.3 Å². The lowest BCUT2D eigenvalue weighted by Crippen LogP contribution is -2.29. The van der Waals surface area contributed by atoms with E-state index in [-0.39, 0.29) is 11.9 Å². The summed E-state index contributed by atoms with van der Waals surface area (Å²) in [5.74, 6) is 1.59. The van der Waals surface area contributed by atoms with Gasteiger partial charge in [0.1, 0.15) is 11.5 Å². The van der Waals surface area contributed by atoms with Gasteiger partial charge in [-0.05, 0) is 49.6 Å². The van der Waals surface area contributed by atoms with Gasteiger partial charge < -0.3 is 14.4 Å². The zero-order valence-electron chi connectivity index (χ0n) is 15.6. The number of carbonyl (C=O) groups excluding carboxylic acids is 1. The van der Waals surface area contributed by atoms with Crippen molar-refractivity contribution in [2.24, 2.45) is 0 Å². The highest BCUT2D eigenvalue weighted by atomic mass is 16.5. The topological polar surface area (TPSA) is 38.8 Å². The van der Waals surface area contributed by atoms with Crippen LogP contribution in [0.5, 0.6) is 11.5 Å². The highest BCUT2D eigenvalue weighted by Gasteiger charge is 2.31. The molecule has 1 amide bonds. The van der Waals surface area contributed by atoms with Crippen molar-refractivity contribution >= 4 is 12.0 Å². The minimum atomic E-state index is 0.00946. The molecule has 0 bridgehead atoms. The second kappa shape index (κ2) is 8.09. The molecule has 1 fully saturated rings. The number of amides is 1. The van der Waals surface area contributed by atoms with Crippen molar-refractivity contribution in [1.29, 1.82) is 0 Å². The van der Waals surface area contributed by atoms with Crippen LogP contribution in [0.2, 0.25) is 0 Å². The molecule has 0 spiro atoms. The number of ether oxygens (including phenoxy) is 2. The summed E-state index contributed by atoms with van der Waals surface area (Å²) in [5.41, 5.74) is 3.23. The Hall–Kier alpha value is -2.75. The van der Waals surface area contributed by atoms with Crippen LogP contribution in [0.25, 0.3) is 6.08 Å². The molecule has 0 radical (unpaired) electrons. The fourth-order valence-electron chi connectivity index (χ4n) is 3.39. The van der Waals surface area contributed by atoms with E-state index in [1.165, 1.54) is 5.56 Å². The first-order valence-electron chi connectivity index (χ1n) is 8.89. The van der Waals surface area contributed by atoms with Crippen LogP contribution in [0.4, 0.5) is 0 Å². The normalized spacial score (nSPS) is 16.9. The van der Waals surface area contributed by atoms with Gasteiger partial charge in [0.25, 0.3) is 0 Å². The van der Waals surface area contributed by atoms with Crippen LogP contribution in [-0.4, -0.2) is 31.6 Å². The molecule has 1 aliphatic rings. The van der Waals surface area contributed by atoms with Gasteiger partial charge in [0, 0.05) is 18.2 Å². The van der Waals surface area contributed by atoms with Crippen LogP contribution in [0.1, 0.15) is 35.6 Å². The standard InChI is InChI=1S/C22H25NO3/c1-16-6-8-17(9-7-16)10-13-22(24)23-14-4-5-20(23)19-15-18(25-2)11-12-21(19)26-3/h6-13,15,20H,4-5,14H2,1-3H3/b13-10+. The maximum atomic E-state index is 12.8. The lowest BCUT2D eigenvalue weighted by molar-refractivity contribution is -0.126. The Labute approximate surface area is 155 Å². The van der Waals surface area contributed by atoms with Crippen LogP contribution in [0, 0.1) is 6.92 Å². The SMILES string of the molecule is COc1ccc(OC)c(C2CCCN2C(=O)/C=C/c2ccc(C)cc2)c1. The minimum Gasteiger partial charge on any atom is -0.497 e. The summed E-state index contributed by atoms with van der Waals surface area (Å²) < 4.78 is 10.9. The Morgan fingerprint density at radius 2 is 1.88 bits per heavy atom. The number of hydrogen-bond donors (Lipinski definition) is 0. The summed E-state index contributed by atoms with van der Waals surface area (Å²) >= 11 is 0. The van der Waals surface area contributed by atoms with Crippen LogP contribution in [0.3, 0.4) is 0 Å². The molecule has 0 saturated carbocycles. The van der Waals surface area contributed by atoms with Gasteiger partial charge in [-0.2, -0.15) is 0 Å². The molecule has 1 atom stereocenters. The Morgan fingerprint density at radius 3 is 2.58 bits per heavy atom. The van der Waals surface area contributed by atoms with Gasteiger partial charge in [-0.3, -0.25) is 4.79 Å². The van der Waals surface area contributed by atoms with Crippen molar-refractivity contribution in [1.82, 2.24) is 4.90 Å². The first-order chi connectivity index (χ1) is 12.6. The third-order valence-electron chi connectivity index (χ3n) is 4.83. The molecule has 0 N–H and O–H groups in total. The molecule has 26 heavy (non-hydrogen) atoms. The molecule has 1 unspecified atom stereocenters. The Morgan fingerprint density at radius 1 is 1.12 bits per heavy atom. The number of carbonyl (C=O) groups is 1. The van der Waals surface area contributed by atoms with Gasteiger partial charge in [0.15, 0.2) is 0 Å². The average molecular weight is 351 g/mol. The fourth-order valence-corrected chi connectivity index (χ4v) is 3.39. The zero-order valence-corrected chi connectivity index (χ0v) is 15.6. The van der Waals surface area contributed by atoms with E-state index in [0.717, 1.165) is 42.0 Å². The highest BCUT2D eigenvalue weighted by molar-refractivity contribution is 5.92. The van der Waals surface area contributed by atoms with Gasteiger partial charge >= 0.3 is 0 Å². The average Bonchev–Trinajstić information content (AvgIpc) is 3.16. The quantitative estimate of drug-likeness (QED) is 0.750. The Bertz CT molecular complexity index is 796. The van der Waals surface area contributed by atoms with Crippen molar-refractivity contribution in [2.75, 3.05) is 20.8 Å². The Balaban J connectivity index is 1.81. The molecule has 1 aliphatic heterocycles. The van der Waals surface area contributed by atoms with Crippen molar-refractivity contribution in [3.8, 4) is 11.5 Å². The largest absolute Gasteiger partial charge is 0.497 e. The molecule has 2 aromatic carbocycles. The summed E-state index contributed by atoms with van der Waals surface area (Å²) in [6, 6.07) is 13.9. The second-order valence-electron chi connectivity index (χ2n) is 6.54. The van der Waals surface area contributed by atoms with E-state index in [1.807, 2.05) is 53.4 Å². The molecule has 1 heterocycles. The smallest absolute Gasteiger partial charge is 0.247 e. The second-order valence-corrected chi connectivity index (χ2v) is 6.54. The van der Waals surface area contributed by atoms with Crippen LogP contribution < -0.4 is 9.47 Å². The Kier molecular flexibility index (Phi) is 5.61. The zero-order chi connectivity index (χ0) is 18.5. The number of nitrogens with zero attached hydrogens (tertiary/aromatic N) is 1. The maximum absolute atomic E-state index is 12.8. The third kappa shape index (κ3) is 3.90. The molecule has 0 aliphatic carbocycles. The van der Waals surface area contributed by atoms with E-state index in [2.05, 4.69) is 6.92 Å². The highest BCUT2D eigenvalue weighted by Crippen LogP contribution is 2.39. The number of rotatable bonds is 5. The van der Waals surface area contributed by atoms with Crippen LogP contribution in [0.15, 0.2) is 48.5 Å². The van der Waals surface area contributed by atoms with Crippen molar-refractivity contribution in [3.63, 3.8) is 0 Å². The predicted octanol–water partition coefficient (Wildman–Crippen LogP) is 4.39. The molecular formula is C22H25NO3. The molecule has 0 aromatic heterocycles. The maximum Gasteiger partial charge on any atom is 0.247 e. The van der Waals surface area contributed by atoms with E-state index >= 15 is 0 Å². The first-order valence-corrected chi connectivity index (χ1v) is 8.89. The van der Waals surface area contributed by atoms with Crippen LogP contribution in [-0.2, 0) is 4.79 Å². The number of likely N-dealkylation sites (tertiary alicyclic amines) is 1. The lowest BCUT2D eigenvalue weighted by Gasteiger charge is -2.25. The van der Waals surface area contributed by atoms with Crippen LogP contribution >= 0.6 is 0 Å². The predicted molar refractivity (Wildman–Crippen MR) is 103 cm³/mol. The molecule has 1 saturated heterocycles. The van der Waals surface area contributed by atoms with E-state index in [4.69, 9.17) is 9.47 Å². The molecule has 136 valence electrons. The molecule has 2 aromatic rings. The van der Waals surface area contributed by atoms with Crippen molar-refractivity contribution in [3.05, 3.63) is 65.2 Å². The summed E-state index contributed by atoms with van der Waals surface area (Å²) in [7, 11) is 3.30. The molecule has 4 heteroatoms. The van der Waals surface area contributed by atoms with Gasteiger partial charge in [-0.15, -0.1) is 0 Å². The van der Waals surface area contributed by atoms with Gasteiger partial charge in [-0.25, -0.2) is 0 Å². The van der Waals surface area contributed by atoms with E-state index in [0.29, 0.717) is 0 Å². The van der Waals surface area contributed by atoms with Crippen molar-refractivity contribution < 1.29 is 14.3 Å². The summed E-state index contributed by atoms with van der Waals surface area (Å²) in [6.07, 6.45) is 5.44. The summed E-state index contributed by atoms with van der Waals surface area (Å²) in [5, 5.41) is 0. The van der Waals surface area contributed by atoms with Gasteiger partial charge in [0.2, 0.25) is 5.91 Å². The molecule has 3 rings (SSSR count). The minimum absolute atomic E-state index is 0.00946. The van der Waals surface area contributed by atoms with Gasteiger partial charge in [-0.1, -0.05) is 29.8 Å².